The van der Waals surface area contributed by atoms with Crippen LogP contribution in [0.5, 0.6) is 0 Å². The van der Waals surface area contributed by atoms with E-state index in [2.05, 4.69) is 16.1 Å². The predicted molar refractivity (Wildman–Crippen MR) is 123 cm³/mol. The SMILES string of the molecule is Cn1cc(CN2CC(S(=O)(=O)[N-]C(=O)Nc3c4c(cc5c3CCC5)CCC4)C2)ccc1=O.[K+]. The maximum atomic E-state index is 12.7. The number of urea groups is 1. The fraction of sp³-hybridized carbons (Fsp3) is 0.478. The summed E-state index contributed by atoms with van der Waals surface area (Å²) in [5.41, 5.74) is 6.51. The molecule has 1 aliphatic heterocycles. The largest absolute Gasteiger partial charge is 1.00 e. The molecule has 1 N–H and O–H groups in total. The zero-order chi connectivity index (χ0) is 22.5. The van der Waals surface area contributed by atoms with E-state index in [-0.39, 0.29) is 56.9 Å². The number of carbonyl (C=O) groups is 1. The number of hydrogen-bond donors (Lipinski definition) is 1. The van der Waals surface area contributed by atoms with E-state index < -0.39 is 21.3 Å². The summed E-state index contributed by atoms with van der Waals surface area (Å²) < 4.78 is 30.5. The molecule has 0 atom stereocenters. The number of benzene rings is 1. The van der Waals surface area contributed by atoms with E-state index in [0.717, 1.165) is 60.9 Å². The number of amides is 2. The van der Waals surface area contributed by atoms with Crippen molar-refractivity contribution in [2.75, 3.05) is 18.4 Å². The maximum Gasteiger partial charge on any atom is 1.00 e. The van der Waals surface area contributed by atoms with E-state index in [1.54, 1.807) is 19.3 Å². The van der Waals surface area contributed by atoms with Crippen molar-refractivity contribution in [1.82, 2.24) is 9.47 Å². The van der Waals surface area contributed by atoms with Crippen LogP contribution < -0.4 is 62.3 Å². The summed E-state index contributed by atoms with van der Waals surface area (Å²) in [6.07, 6.45) is 7.71. The van der Waals surface area contributed by atoms with E-state index in [4.69, 9.17) is 0 Å². The second-order valence-electron chi connectivity index (χ2n) is 9.07. The minimum absolute atomic E-state index is 0. The molecule has 1 aromatic heterocycles. The molecule has 2 aromatic rings. The van der Waals surface area contributed by atoms with E-state index >= 15 is 0 Å². The van der Waals surface area contributed by atoms with Crippen molar-refractivity contribution >= 4 is 21.7 Å². The number of fused-ring (bicyclic) bond motifs is 2. The molecule has 170 valence electrons. The van der Waals surface area contributed by atoms with Crippen LogP contribution in [0.15, 0.2) is 29.2 Å². The van der Waals surface area contributed by atoms with Gasteiger partial charge in [0.1, 0.15) is 0 Å². The van der Waals surface area contributed by atoms with Gasteiger partial charge in [-0.25, -0.2) is 8.42 Å². The molecule has 1 saturated heterocycles. The van der Waals surface area contributed by atoms with E-state index in [1.165, 1.54) is 21.8 Å². The van der Waals surface area contributed by atoms with Gasteiger partial charge < -0.3 is 14.6 Å². The Morgan fingerprint density at radius 1 is 1.09 bits per heavy atom. The third-order valence-corrected chi connectivity index (χ3v) is 8.37. The number of aryl methyl sites for hydroxylation is 3. The first-order valence-electron chi connectivity index (χ1n) is 11.1. The number of sulfonamides is 1. The topological polar surface area (TPSA) is 103 Å². The number of anilines is 1. The van der Waals surface area contributed by atoms with Crippen molar-refractivity contribution in [3.8, 4) is 0 Å². The smallest absolute Gasteiger partial charge is 0.423 e. The van der Waals surface area contributed by atoms with Gasteiger partial charge in [-0.1, -0.05) is 12.1 Å². The van der Waals surface area contributed by atoms with Crippen molar-refractivity contribution < 1.29 is 64.6 Å². The zero-order valence-corrected chi connectivity index (χ0v) is 23.1. The van der Waals surface area contributed by atoms with Crippen LogP contribution in [0.25, 0.3) is 4.72 Å². The molecule has 2 aliphatic carbocycles. The third kappa shape index (κ3) is 5.17. The summed E-state index contributed by atoms with van der Waals surface area (Å²) in [4.78, 5) is 26.1. The molecule has 2 amide bonds. The van der Waals surface area contributed by atoms with E-state index in [0.29, 0.717) is 19.6 Å². The molecule has 10 heteroatoms. The predicted octanol–water partition coefficient (Wildman–Crippen LogP) is -0.513. The monoisotopic (exact) mass is 494 g/mol. The molecule has 0 spiro atoms. The van der Waals surface area contributed by atoms with Crippen LogP contribution in [-0.2, 0) is 49.3 Å². The van der Waals surface area contributed by atoms with Crippen molar-refractivity contribution in [2.45, 2.75) is 50.3 Å². The maximum absolute atomic E-state index is 12.7. The minimum atomic E-state index is -3.90. The van der Waals surface area contributed by atoms with Crippen LogP contribution in [-0.4, -0.2) is 42.3 Å². The summed E-state index contributed by atoms with van der Waals surface area (Å²) in [6, 6.07) is 4.72. The molecule has 0 unspecified atom stereocenters. The van der Waals surface area contributed by atoms with Gasteiger partial charge in [-0.05, 0) is 72.0 Å². The van der Waals surface area contributed by atoms with Gasteiger partial charge in [0.05, 0.1) is 5.25 Å². The zero-order valence-electron chi connectivity index (χ0n) is 19.1. The van der Waals surface area contributed by atoms with E-state index in [9.17, 15) is 18.0 Å². The van der Waals surface area contributed by atoms with Gasteiger partial charge in [0.25, 0.3) is 0 Å². The number of likely N-dealkylation sites (tertiary alicyclic amines) is 1. The molecule has 2 heterocycles. The number of hydrogen-bond acceptors (Lipinski definition) is 5. The normalized spacial score (nSPS) is 17.6. The van der Waals surface area contributed by atoms with Gasteiger partial charge in [-0.15, -0.1) is 0 Å². The summed E-state index contributed by atoms with van der Waals surface area (Å²) in [7, 11) is -2.21. The summed E-state index contributed by atoms with van der Waals surface area (Å²) in [6.45, 7) is 1.19. The van der Waals surface area contributed by atoms with Crippen molar-refractivity contribution in [2.24, 2.45) is 7.05 Å². The number of rotatable bonds is 5. The Balaban J connectivity index is 0.00000259. The van der Waals surface area contributed by atoms with Crippen molar-refractivity contribution in [3.63, 3.8) is 0 Å². The third-order valence-electron chi connectivity index (χ3n) is 6.81. The molecule has 5 rings (SSSR count). The molecule has 33 heavy (non-hydrogen) atoms. The van der Waals surface area contributed by atoms with Gasteiger partial charge in [-0.2, -0.15) is 0 Å². The Morgan fingerprint density at radius 3 is 2.33 bits per heavy atom. The molecule has 8 nitrogen and oxygen atoms in total. The Bertz CT molecular complexity index is 1220. The van der Waals surface area contributed by atoms with Crippen LogP contribution in [0.1, 0.15) is 40.7 Å². The quantitative estimate of drug-likeness (QED) is 0.564. The number of aromatic nitrogens is 1. The molecule has 1 fully saturated rings. The van der Waals surface area contributed by atoms with Gasteiger partial charge in [0, 0.05) is 38.9 Å². The fourth-order valence-electron chi connectivity index (χ4n) is 5.13. The van der Waals surface area contributed by atoms with Gasteiger partial charge in [0.2, 0.25) is 5.56 Å². The first-order chi connectivity index (χ1) is 15.3. The molecular weight excluding hydrogens is 467 g/mol. The second kappa shape index (κ2) is 9.92. The van der Waals surface area contributed by atoms with Gasteiger partial charge in [0.15, 0.2) is 16.1 Å². The van der Waals surface area contributed by atoms with Crippen LogP contribution in [0.4, 0.5) is 10.5 Å². The standard InChI is InChI=1S/C23H28N4O4S.K/c1-26-11-15(8-9-21(26)28)12-27-13-18(14-27)32(30,31)25-23(29)24-22-19-6-2-4-16(19)10-17-5-3-7-20(17)22;/h8-11,18H,2-7,12-14H2,1H3,(H2,24,25,29);/q;+1/p-1. The van der Waals surface area contributed by atoms with Crippen LogP contribution in [0.3, 0.4) is 0 Å². The Hall–Kier alpha value is -1.01. The Morgan fingerprint density at radius 2 is 1.73 bits per heavy atom. The molecule has 0 bridgehead atoms. The van der Waals surface area contributed by atoms with Crippen molar-refractivity contribution in [1.29, 1.82) is 0 Å². The van der Waals surface area contributed by atoms with Gasteiger partial charge in [-0.3, -0.25) is 14.5 Å². The summed E-state index contributed by atoms with van der Waals surface area (Å²) in [5.74, 6) is 0. The van der Waals surface area contributed by atoms with Crippen LogP contribution >= 0.6 is 0 Å². The number of nitrogens with one attached hydrogen (secondary N) is 1. The number of nitrogens with zero attached hydrogens (tertiary/aromatic N) is 3. The van der Waals surface area contributed by atoms with Gasteiger partial charge >= 0.3 is 51.4 Å². The first-order valence-corrected chi connectivity index (χ1v) is 12.6. The molecular formula is C23H27KN4O4S. The molecule has 0 radical (unpaired) electrons. The number of pyridine rings is 1. The second-order valence-corrected chi connectivity index (χ2v) is 11.0. The summed E-state index contributed by atoms with van der Waals surface area (Å²) in [5, 5.41) is 2.15. The van der Waals surface area contributed by atoms with Crippen LogP contribution in [0, 0.1) is 0 Å². The average Bonchev–Trinajstić information content (AvgIpc) is 3.35. The fourth-order valence-corrected chi connectivity index (χ4v) is 6.35. The molecule has 3 aliphatic rings. The first kappa shape index (κ1) is 25.1. The molecule has 0 saturated carbocycles. The average molecular weight is 495 g/mol. The summed E-state index contributed by atoms with van der Waals surface area (Å²) >= 11 is 0. The Kier molecular flexibility index (Phi) is 7.55. The van der Waals surface area contributed by atoms with Crippen molar-refractivity contribution in [3.05, 3.63) is 67.3 Å². The van der Waals surface area contributed by atoms with E-state index in [1.807, 2.05) is 4.90 Å². The molecule has 1 aromatic carbocycles. The number of carbonyl (C=O) groups excluding carboxylic acids is 1. The minimum Gasteiger partial charge on any atom is -0.423 e. The van der Waals surface area contributed by atoms with Crippen LogP contribution in [0.2, 0.25) is 0 Å². The Labute approximate surface area is 236 Å².